The number of imidazole rings is 1. The van der Waals surface area contributed by atoms with Crippen molar-refractivity contribution in [2.24, 2.45) is 5.92 Å². The molecule has 0 unspecified atom stereocenters. The van der Waals surface area contributed by atoms with Gasteiger partial charge in [-0.05, 0) is 50.8 Å². The summed E-state index contributed by atoms with van der Waals surface area (Å²) in [6.45, 7) is 9.51. The van der Waals surface area contributed by atoms with Crippen LogP contribution in [0.1, 0.15) is 62.5 Å². The third-order valence-electron chi connectivity index (χ3n) is 7.36. The third-order valence-corrected chi connectivity index (χ3v) is 7.61. The van der Waals surface area contributed by atoms with Crippen LogP contribution in [0.4, 0.5) is 0 Å². The highest BCUT2D eigenvalue weighted by atomic mass is 35.5. The fourth-order valence-corrected chi connectivity index (χ4v) is 5.32. The molecule has 1 aliphatic carbocycles. The van der Waals surface area contributed by atoms with Gasteiger partial charge in [0.1, 0.15) is 5.69 Å². The number of piperazine rings is 1. The van der Waals surface area contributed by atoms with Crippen molar-refractivity contribution in [3.8, 4) is 11.3 Å². The minimum Gasteiger partial charge on any atom is -0.393 e. The number of carbonyl (C=O) groups is 2. The van der Waals surface area contributed by atoms with Gasteiger partial charge in [-0.15, -0.1) is 0 Å². The number of aliphatic hydroxyl groups excluding tert-OH is 1. The highest BCUT2D eigenvalue weighted by molar-refractivity contribution is 6.30. The molecule has 1 saturated heterocycles. The predicted molar refractivity (Wildman–Crippen MR) is 138 cm³/mol. The molecule has 2 aliphatic rings. The van der Waals surface area contributed by atoms with Crippen molar-refractivity contribution in [3.05, 3.63) is 52.8 Å². The highest BCUT2D eigenvalue weighted by Gasteiger charge is 2.43. The number of aliphatic hydroxyl groups is 1. The minimum atomic E-state index is -0.550. The van der Waals surface area contributed by atoms with Gasteiger partial charge in [0.2, 0.25) is 5.91 Å². The van der Waals surface area contributed by atoms with Crippen molar-refractivity contribution in [1.29, 1.82) is 0 Å². The zero-order valence-corrected chi connectivity index (χ0v) is 21.9. The second-order valence-corrected chi connectivity index (χ2v) is 11.3. The van der Waals surface area contributed by atoms with Crippen LogP contribution in [0, 0.1) is 5.92 Å². The van der Waals surface area contributed by atoms with E-state index in [1.165, 1.54) is 0 Å². The molecule has 5 rings (SSSR count). The van der Waals surface area contributed by atoms with E-state index < -0.39 is 5.54 Å². The van der Waals surface area contributed by atoms with Crippen molar-refractivity contribution < 1.29 is 14.7 Å². The first-order chi connectivity index (χ1) is 17.0. The zero-order valence-electron chi connectivity index (χ0n) is 21.1. The van der Waals surface area contributed by atoms with E-state index in [-0.39, 0.29) is 29.8 Å². The molecule has 1 saturated carbocycles. The fourth-order valence-electron chi connectivity index (χ4n) is 5.20. The molecule has 2 amide bonds. The number of carbonyl (C=O) groups excluding carboxylic acids is 2. The Morgan fingerprint density at radius 1 is 1.14 bits per heavy atom. The van der Waals surface area contributed by atoms with Crippen molar-refractivity contribution in [2.45, 2.75) is 58.1 Å². The lowest BCUT2D eigenvalue weighted by Crippen LogP contribution is -2.63. The lowest BCUT2D eigenvalue weighted by Gasteiger charge is -2.48. The highest BCUT2D eigenvalue weighted by Crippen LogP contribution is 2.32. The number of nitrogens with zero attached hydrogens (tertiary/aromatic N) is 5. The van der Waals surface area contributed by atoms with Gasteiger partial charge >= 0.3 is 0 Å². The Hall–Kier alpha value is -2.97. The van der Waals surface area contributed by atoms with Gasteiger partial charge in [0, 0.05) is 41.7 Å². The first kappa shape index (κ1) is 24.7. The number of amides is 2. The quantitative estimate of drug-likeness (QED) is 0.574. The molecule has 0 bridgehead atoms. The van der Waals surface area contributed by atoms with E-state index in [0.717, 1.165) is 16.8 Å². The summed E-state index contributed by atoms with van der Waals surface area (Å²) in [4.78, 5) is 34.8. The Morgan fingerprint density at radius 3 is 2.44 bits per heavy atom. The van der Waals surface area contributed by atoms with Crippen molar-refractivity contribution >= 4 is 29.1 Å². The van der Waals surface area contributed by atoms with Crippen LogP contribution in [0.5, 0.6) is 0 Å². The summed E-state index contributed by atoms with van der Waals surface area (Å²) in [6, 6.07) is 9.55. The normalized spacial score (nSPS) is 21.6. The summed E-state index contributed by atoms with van der Waals surface area (Å²) < 4.78 is 1.70. The average molecular weight is 510 g/mol. The maximum Gasteiger partial charge on any atom is 0.274 e. The third kappa shape index (κ3) is 4.48. The number of fused-ring (bicyclic) bond motifs is 1. The van der Waals surface area contributed by atoms with Gasteiger partial charge in [-0.25, -0.2) is 9.50 Å². The van der Waals surface area contributed by atoms with Gasteiger partial charge in [0.15, 0.2) is 5.65 Å². The molecule has 2 fully saturated rings. The SMILES string of the molecule is CC(C)c1cc(-c2ccc(Cl)cc2)nn2cc(C(=O)N3CCN(C(=O)[C@H]4C[C@H](O)C4)CC3(C)C)nc12. The van der Waals surface area contributed by atoms with Crippen LogP contribution in [-0.4, -0.2) is 72.6 Å². The molecule has 1 N–H and O–H groups in total. The largest absolute Gasteiger partial charge is 0.393 e. The molecule has 0 atom stereocenters. The van der Waals surface area contributed by atoms with E-state index in [9.17, 15) is 14.7 Å². The first-order valence-corrected chi connectivity index (χ1v) is 12.9. The monoisotopic (exact) mass is 509 g/mol. The number of rotatable bonds is 4. The van der Waals surface area contributed by atoms with Crippen LogP contribution in [0.3, 0.4) is 0 Å². The van der Waals surface area contributed by atoms with Crippen molar-refractivity contribution in [2.75, 3.05) is 19.6 Å². The molecular weight excluding hydrogens is 478 g/mol. The molecule has 0 spiro atoms. The van der Waals surface area contributed by atoms with Gasteiger partial charge in [-0.3, -0.25) is 9.59 Å². The van der Waals surface area contributed by atoms with Crippen molar-refractivity contribution in [3.63, 3.8) is 0 Å². The summed E-state index contributed by atoms with van der Waals surface area (Å²) in [7, 11) is 0. The molecule has 0 radical (unpaired) electrons. The average Bonchev–Trinajstić information content (AvgIpc) is 3.24. The minimum absolute atomic E-state index is 0.0775. The van der Waals surface area contributed by atoms with E-state index in [1.54, 1.807) is 10.7 Å². The predicted octanol–water partition coefficient (Wildman–Crippen LogP) is 4.01. The van der Waals surface area contributed by atoms with Crippen LogP contribution in [-0.2, 0) is 4.79 Å². The van der Waals surface area contributed by atoms with Gasteiger partial charge in [-0.1, -0.05) is 37.6 Å². The van der Waals surface area contributed by atoms with Crippen LogP contribution < -0.4 is 0 Å². The number of hydrogen-bond acceptors (Lipinski definition) is 5. The van der Waals surface area contributed by atoms with E-state index in [1.807, 2.05) is 54.0 Å². The Labute approximate surface area is 215 Å². The molecule has 9 heteroatoms. The second-order valence-electron chi connectivity index (χ2n) is 10.9. The van der Waals surface area contributed by atoms with E-state index >= 15 is 0 Å². The second kappa shape index (κ2) is 9.16. The van der Waals surface area contributed by atoms with Crippen LogP contribution >= 0.6 is 11.6 Å². The summed E-state index contributed by atoms with van der Waals surface area (Å²) in [6.07, 6.45) is 2.40. The summed E-state index contributed by atoms with van der Waals surface area (Å²) in [5, 5.41) is 15.0. The smallest absolute Gasteiger partial charge is 0.274 e. The first-order valence-electron chi connectivity index (χ1n) is 12.5. The fraction of sp³-hybridized carbons (Fsp3) is 0.481. The standard InChI is InChI=1S/C27H32ClN5O3/c1-16(2)21-13-22(17-5-7-19(28)8-6-17)30-33-14-23(29-24(21)33)26(36)32-10-9-31(15-27(32,3)4)25(35)18-11-20(34)12-18/h5-8,13-14,16,18,20,34H,9-12,15H2,1-4H3/t18-,20-. The van der Waals surface area contributed by atoms with Crippen LogP contribution in [0.2, 0.25) is 5.02 Å². The molecular formula is C27H32ClN5O3. The Morgan fingerprint density at radius 2 is 1.83 bits per heavy atom. The Balaban J connectivity index is 1.42. The maximum absolute atomic E-state index is 13.7. The van der Waals surface area contributed by atoms with Crippen LogP contribution in [0.25, 0.3) is 16.9 Å². The summed E-state index contributed by atoms with van der Waals surface area (Å²) in [5.74, 6) is -0.0112. The topological polar surface area (TPSA) is 91.0 Å². The molecule has 2 aromatic heterocycles. The molecule has 3 heterocycles. The molecule has 1 aromatic carbocycles. The lowest BCUT2D eigenvalue weighted by atomic mass is 9.81. The van der Waals surface area contributed by atoms with Gasteiger partial charge in [0.25, 0.3) is 5.91 Å². The number of benzene rings is 1. The van der Waals surface area contributed by atoms with Crippen LogP contribution in [0.15, 0.2) is 36.5 Å². The molecule has 3 aromatic rings. The number of halogens is 1. The van der Waals surface area contributed by atoms with Crippen molar-refractivity contribution in [1.82, 2.24) is 24.4 Å². The lowest BCUT2D eigenvalue weighted by molar-refractivity contribution is -0.146. The molecule has 36 heavy (non-hydrogen) atoms. The van der Waals surface area contributed by atoms with Gasteiger partial charge in [0.05, 0.1) is 23.5 Å². The van der Waals surface area contributed by atoms with E-state index in [0.29, 0.717) is 48.8 Å². The Bertz CT molecular complexity index is 1310. The van der Waals surface area contributed by atoms with E-state index in [2.05, 4.69) is 13.8 Å². The number of aromatic nitrogens is 3. The van der Waals surface area contributed by atoms with E-state index in [4.69, 9.17) is 21.7 Å². The zero-order chi connectivity index (χ0) is 25.8. The summed E-state index contributed by atoms with van der Waals surface area (Å²) >= 11 is 6.06. The van der Waals surface area contributed by atoms with Gasteiger partial charge < -0.3 is 14.9 Å². The summed E-state index contributed by atoms with van der Waals surface area (Å²) in [5.41, 5.74) is 3.19. The molecule has 8 nitrogen and oxygen atoms in total. The maximum atomic E-state index is 13.7. The number of hydrogen-bond donors (Lipinski definition) is 1. The Kier molecular flexibility index (Phi) is 6.29. The van der Waals surface area contributed by atoms with Gasteiger partial charge in [-0.2, -0.15) is 5.10 Å². The molecule has 190 valence electrons. The molecule has 1 aliphatic heterocycles.